The number of nitrogens with two attached hydrogens (primary N) is 1. The van der Waals surface area contributed by atoms with Gasteiger partial charge in [-0.3, -0.25) is 4.79 Å². The van der Waals surface area contributed by atoms with Gasteiger partial charge in [0, 0.05) is 26.0 Å². The standard InChI is InChI=1S/C12H16N6O2/c1-8(12(19)20)6-17(2)10-9(13)11(15-7-14-10)18-5-3-4-16-18/h3-5,7-8H,6,13H2,1-2H3,(H,19,20). The first-order valence-corrected chi connectivity index (χ1v) is 6.05. The Bertz CT molecular complexity index is 598. The summed E-state index contributed by atoms with van der Waals surface area (Å²) in [5.74, 6) is -0.437. The Hall–Kier alpha value is -2.64. The molecule has 1 unspecified atom stereocenters. The third-order valence-corrected chi connectivity index (χ3v) is 2.89. The van der Waals surface area contributed by atoms with Crippen LogP contribution in [0.2, 0.25) is 0 Å². The first-order chi connectivity index (χ1) is 9.50. The summed E-state index contributed by atoms with van der Waals surface area (Å²) in [5, 5.41) is 13.0. The summed E-state index contributed by atoms with van der Waals surface area (Å²) in [5.41, 5.74) is 6.41. The zero-order valence-corrected chi connectivity index (χ0v) is 11.3. The van der Waals surface area contributed by atoms with Crippen LogP contribution in [0.3, 0.4) is 0 Å². The highest BCUT2D eigenvalue weighted by Gasteiger charge is 2.18. The van der Waals surface area contributed by atoms with Crippen molar-refractivity contribution in [3.63, 3.8) is 0 Å². The van der Waals surface area contributed by atoms with Crippen LogP contribution in [0.25, 0.3) is 5.82 Å². The monoisotopic (exact) mass is 276 g/mol. The van der Waals surface area contributed by atoms with Crippen molar-refractivity contribution < 1.29 is 9.90 Å². The number of nitrogen functional groups attached to an aromatic ring is 1. The van der Waals surface area contributed by atoms with Crippen molar-refractivity contribution in [1.29, 1.82) is 0 Å². The minimum Gasteiger partial charge on any atom is -0.481 e. The molecule has 0 aliphatic heterocycles. The summed E-state index contributed by atoms with van der Waals surface area (Å²) in [6.07, 6.45) is 4.73. The van der Waals surface area contributed by atoms with Gasteiger partial charge in [-0.05, 0) is 6.07 Å². The van der Waals surface area contributed by atoms with Crippen molar-refractivity contribution in [2.75, 3.05) is 24.2 Å². The molecule has 3 N–H and O–H groups in total. The first-order valence-electron chi connectivity index (χ1n) is 6.05. The van der Waals surface area contributed by atoms with E-state index in [1.165, 1.54) is 11.0 Å². The molecule has 8 heteroatoms. The van der Waals surface area contributed by atoms with Crippen LogP contribution in [0.1, 0.15) is 6.92 Å². The van der Waals surface area contributed by atoms with Crippen LogP contribution in [0.5, 0.6) is 0 Å². The fourth-order valence-corrected chi connectivity index (χ4v) is 1.83. The summed E-state index contributed by atoms with van der Waals surface area (Å²) in [7, 11) is 1.74. The Morgan fingerprint density at radius 3 is 2.90 bits per heavy atom. The van der Waals surface area contributed by atoms with Gasteiger partial charge in [-0.1, -0.05) is 6.92 Å². The largest absolute Gasteiger partial charge is 0.481 e. The van der Waals surface area contributed by atoms with Gasteiger partial charge in [0.15, 0.2) is 11.6 Å². The Morgan fingerprint density at radius 1 is 1.55 bits per heavy atom. The van der Waals surface area contributed by atoms with E-state index < -0.39 is 11.9 Å². The molecule has 2 rings (SSSR count). The lowest BCUT2D eigenvalue weighted by Gasteiger charge is -2.22. The third-order valence-electron chi connectivity index (χ3n) is 2.89. The van der Waals surface area contributed by atoms with E-state index in [0.717, 1.165) is 0 Å². The predicted molar refractivity (Wildman–Crippen MR) is 73.6 cm³/mol. The van der Waals surface area contributed by atoms with E-state index >= 15 is 0 Å². The number of nitrogens with zero attached hydrogens (tertiary/aromatic N) is 5. The van der Waals surface area contributed by atoms with Crippen LogP contribution < -0.4 is 10.6 Å². The van der Waals surface area contributed by atoms with Crippen LogP contribution in [0.4, 0.5) is 11.5 Å². The Kier molecular flexibility index (Phi) is 3.83. The Balaban J connectivity index is 2.29. The zero-order chi connectivity index (χ0) is 14.7. The lowest BCUT2D eigenvalue weighted by atomic mass is 10.2. The molecule has 0 aliphatic rings. The number of aliphatic carboxylic acids is 1. The molecular weight excluding hydrogens is 260 g/mol. The number of aromatic nitrogens is 4. The highest BCUT2D eigenvalue weighted by Crippen LogP contribution is 2.24. The summed E-state index contributed by atoms with van der Waals surface area (Å²) in [6, 6.07) is 1.76. The molecular formula is C12H16N6O2. The molecule has 0 aromatic carbocycles. The number of carboxylic acids is 1. The van der Waals surface area contributed by atoms with Gasteiger partial charge in [0.1, 0.15) is 12.0 Å². The lowest BCUT2D eigenvalue weighted by molar-refractivity contribution is -0.140. The highest BCUT2D eigenvalue weighted by molar-refractivity contribution is 5.73. The highest BCUT2D eigenvalue weighted by atomic mass is 16.4. The van der Waals surface area contributed by atoms with Gasteiger partial charge < -0.3 is 15.7 Å². The Morgan fingerprint density at radius 2 is 2.30 bits per heavy atom. The number of anilines is 2. The van der Waals surface area contributed by atoms with Crippen molar-refractivity contribution in [2.24, 2.45) is 5.92 Å². The molecule has 2 aromatic heterocycles. The van der Waals surface area contributed by atoms with E-state index in [1.807, 2.05) is 0 Å². The smallest absolute Gasteiger partial charge is 0.308 e. The average molecular weight is 276 g/mol. The lowest BCUT2D eigenvalue weighted by Crippen LogP contribution is -2.30. The van der Waals surface area contributed by atoms with Gasteiger partial charge in [-0.25, -0.2) is 14.6 Å². The predicted octanol–water partition coefficient (Wildman–Crippen LogP) is 0.401. The second kappa shape index (κ2) is 5.55. The maximum Gasteiger partial charge on any atom is 0.308 e. The van der Waals surface area contributed by atoms with E-state index in [9.17, 15) is 4.79 Å². The molecule has 106 valence electrons. The number of carboxylic acid groups (broad SMARTS) is 1. The van der Waals surface area contributed by atoms with Crippen molar-refractivity contribution >= 4 is 17.5 Å². The van der Waals surface area contributed by atoms with E-state index in [1.54, 1.807) is 37.3 Å². The second-order valence-corrected chi connectivity index (χ2v) is 4.50. The van der Waals surface area contributed by atoms with Crippen molar-refractivity contribution in [3.05, 3.63) is 24.8 Å². The SMILES string of the molecule is CC(CN(C)c1ncnc(-n2cccn2)c1N)C(=O)O. The number of hydrogen-bond donors (Lipinski definition) is 2. The van der Waals surface area contributed by atoms with Crippen LogP contribution in [0, 0.1) is 5.92 Å². The zero-order valence-electron chi connectivity index (χ0n) is 11.3. The van der Waals surface area contributed by atoms with Crippen molar-refractivity contribution in [3.8, 4) is 5.82 Å². The minimum atomic E-state index is -0.864. The molecule has 0 saturated carbocycles. The van der Waals surface area contributed by atoms with Crippen LogP contribution >= 0.6 is 0 Å². The number of carbonyl (C=O) groups is 1. The molecule has 0 amide bonds. The Labute approximate surface area is 115 Å². The van der Waals surface area contributed by atoms with Crippen LogP contribution in [-0.4, -0.2) is 44.4 Å². The van der Waals surface area contributed by atoms with Gasteiger partial charge >= 0.3 is 5.97 Å². The summed E-state index contributed by atoms with van der Waals surface area (Å²) < 4.78 is 1.54. The molecule has 2 heterocycles. The van der Waals surface area contributed by atoms with E-state index in [2.05, 4.69) is 15.1 Å². The van der Waals surface area contributed by atoms with E-state index in [-0.39, 0.29) is 0 Å². The first kappa shape index (κ1) is 13.8. The quantitative estimate of drug-likeness (QED) is 0.813. The topological polar surface area (TPSA) is 110 Å². The molecule has 2 aromatic rings. The fourth-order valence-electron chi connectivity index (χ4n) is 1.83. The molecule has 8 nitrogen and oxygen atoms in total. The van der Waals surface area contributed by atoms with Crippen molar-refractivity contribution in [1.82, 2.24) is 19.7 Å². The third kappa shape index (κ3) is 2.68. The van der Waals surface area contributed by atoms with E-state index in [0.29, 0.717) is 23.9 Å². The number of hydrogen-bond acceptors (Lipinski definition) is 6. The average Bonchev–Trinajstić information content (AvgIpc) is 2.92. The van der Waals surface area contributed by atoms with Gasteiger partial charge in [0.05, 0.1) is 5.92 Å². The molecule has 0 saturated heterocycles. The van der Waals surface area contributed by atoms with Gasteiger partial charge in [-0.15, -0.1) is 0 Å². The molecule has 1 atom stereocenters. The molecule has 0 bridgehead atoms. The normalized spacial score (nSPS) is 12.1. The molecule has 0 spiro atoms. The summed E-state index contributed by atoms with van der Waals surface area (Å²) >= 11 is 0. The number of rotatable bonds is 5. The maximum atomic E-state index is 10.9. The second-order valence-electron chi connectivity index (χ2n) is 4.50. The molecule has 20 heavy (non-hydrogen) atoms. The minimum absolute atomic E-state index is 0.301. The van der Waals surface area contributed by atoms with Gasteiger partial charge in [0.2, 0.25) is 0 Å². The maximum absolute atomic E-state index is 10.9. The van der Waals surface area contributed by atoms with Crippen LogP contribution in [0.15, 0.2) is 24.8 Å². The van der Waals surface area contributed by atoms with Crippen LogP contribution in [-0.2, 0) is 4.79 Å². The molecule has 0 aliphatic carbocycles. The molecule has 0 fully saturated rings. The van der Waals surface area contributed by atoms with Gasteiger partial charge in [0.25, 0.3) is 0 Å². The van der Waals surface area contributed by atoms with Crippen molar-refractivity contribution in [2.45, 2.75) is 6.92 Å². The summed E-state index contributed by atoms with van der Waals surface area (Å²) in [6.45, 7) is 1.93. The fraction of sp³-hybridized carbons (Fsp3) is 0.333. The van der Waals surface area contributed by atoms with E-state index in [4.69, 9.17) is 10.8 Å². The molecule has 0 radical (unpaired) electrons. The van der Waals surface area contributed by atoms with Gasteiger partial charge in [-0.2, -0.15) is 5.10 Å². The summed E-state index contributed by atoms with van der Waals surface area (Å²) in [4.78, 5) is 20.8.